The molecule has 3 amide bonds. The Bertz CT molecular complexity index is 998. The number of hydroxylamine groups is 2. The zero-order chi connectivity index (χ0) is 21.4. The minimum atomic E-state index is -0.584. The van der Waals surface area contributed by atoms with Crippen LogP contribution in [-0.4, -0.2) is 62.6 Å². The van der Waals surface area contributed by atoms with Gasteiger partial charge in [-0.05, 0) is 25.1 Å². The molecule has 1 aromatic heterocycles. The van der Waals surface area contributed by atoms with Crippen LogP contribution in [0.25, 0.3) is 0 Å². The summed E-state index contributed by atoms with van der Waals surface area (Å²) in [4.78, 5) is 32.8. The number of benzene rings is 1. The largest absolute Gasteiger partial charge is 0.393 e. The fourth-order valence-electron chi connectivity index (χ4n) is 3.63. The zero-order valence-electron chi connectivity index (χ0n) is 16.3. The standard InChI is InChI=1S/C19H21ClFN5O4/c1-2-26-18(28)17-13-9-24(19(29)22-11-3-4-15(21)14(20)7-11)6-5-16(13)23-25(17)8-12(10-27)30-26/h3-4,7,12,27H,2,5-6,8-10H2,1H3,(H,22,29)/t12-/m1/s1. The SMILES string of the molecule is CCN1O[C@@H](CO)Cn2nc3c(c2C1=O)CN(C(=O)Nc1ccc(F)c(Cl)c1)CC3. The fraction of sp³-hybridized carbons (Fsp3) is 0.421. The van der Waals surface area contributed by atoms with Crippen molar-refractivity contribution in [1.82, 2.24) is 19.7 Å². The molecule has 9 nitrogen and oxygen atoms in total. The van der Waals surface area contributed by atoms with E-state index in [9.17, 15) is 19.1 Å². The summed E-state index contributed by atoms with van der Waals surface area (Å²) in [5, 5.41) is 17.9. The smallest absolute Gasteiger partial charge is 0.322 e. The second-order valence-electron chi connectivity index (χ2n) is 7.10. The summed E-state index contributed by atoms with van der Waals surface area (Å²) < 4.78 is 14.9. The number of carbonyl (C=O) groups is 2. The quantitative estimate of drug-likeness (QED) is 0.765. The Balaban J connectivity index is 1.58. The van der Waals surface area contributed by atoms with Crippen LogP contribution in [0.4, 0.5) is 14.9 Å². The first-order chi connectivity index (χ1) is 14.4. The average Bonchev–Trinajstić information content (AvgIpc) is 3.03. The van der Waals surface area contributed by atoms with Gasteiger partial charge < -0.3 is 15.3 Å². The van der Waals surface area contributed by atoms with Crippen molar-refractivity contribution in [2.45, 2.75) is 32.5 Å². The van der Waals surface area contributed by atoms with Gasteiger partial charge in [0.25, 0.3) is 5.91 Å². The van der Waals surface area contributed by atoms with Crippen molar-refractivity contribution in [3.8, 4) is 0 Å². The van der Waals surface area contributed by atoms with E-state index >= 15 is 0 Å². The van der Waals surface area contributed by atoms with E-state index in [0.29, 0.717) is 36.5 Å². The Labute approximate surface area is 176 Å². The maximum absolute atomic E-state index is 13.3. The van der Waals surface area contributed by atoms with Gasteiger partial charge in [-0.2, -0.15) is 5.10 Å². The number of carbonyl (C=O) groups excluding carboxylic acids is 2. The molecular weight excluding hydrogens is 417 g/mol. The molecule has 160 valence electrons. The van der Waals surface area contributed by atoms with Crippen LogP contribution >= 0.6 is 11.6 Å². The maximum Gasteiger partial charge on any atom is 0.322 e. The molecule has 0 spiro atoms. The number of urea groups is 1. The summed E-state index contributed by atoms with van der Waals surface area (Å²) in [5.74, 6) is -0.919. The normalized spacial score (nSPS) is 18.7. The summed E-state index contributed by atoms with van der Waals surface area (Å²) in [6, 6.07) is 3.56. The Morgan fingerprint density at radius 3 is 2.97 bits per heavy atom. The number of rotatable bonds is 3. The highest BCUT2D eigenvalue weighted by Crippen LogP contribution is 2.27. The highest BCUT2D eigenvalue weighted by atomic mass is 35.5. The summed E-state index contributed by atoms with van der Waals surface area (Å²) >= 11 is 5.77. The van der Waals surface area contributed by atoms with E-state index in [-0.39, 0.29) is 36.7 Å². The second kappa shape index (κ2) is 8.21. The van der Waals surface area contributed by atoms with Crippen molar-refractivity contribution in [2.24, 2.45) is 0 Å². The van der Waals surface area contributed by atoms with Gasteiger partial charge in [-0.1, -0.05) is 11.6 Å². The van der Waals surface area contributed by atoms with Crippen molar-refractivity contribution >= 4 is 29.2 Å². The summed E-state index contributed by atoms with van der Waals surface area (Å²) in [7, 11) is 0. The topological polar surface area (TPSA) is 99.9 Å². The van der Waals surface area contributed by atoms with Gasteiger partial charge >= 0.3 is 6.03 Å². The Kier molecular flexibility index (Phi) is 5.63. The molecule has 3 heterocycles. The van der Waals surface area contributed by atoms with Crippen molar-refractivity contribution < 1.29 is 23.9 Å². The van der Waals surface area contributed by atoms with Gasteiger partial charge in [-0.15, -0.1) is 0 Å². The molecule has 30 heavy (non-hydrogen) atoms. The predicted octanol–water partition coefficient (Wildman–Crippen LogP) is 2.03. The first-order valence-electron chi connectivity index (χ1n) is 9.60. The summed E-state index contributed by atoms with van der Waals surface area (Å²) in [5.41, 5.74) is 2.16. The minimum absolute atomic E-state index is 0.0839. The lowest BCUT2D eigenvalue weighted by atomic mass is 10.0. The van der Waals surface area contributed by atoms with Gasteiger partial charge in [0, 0.05) is 30.8 Å². The molecule has 0 saturated carbocycles. The van der Waals surface area contributed by atoms with E-state index < -0.39 is 11.9 Å². The highest BCUT2D eigenvalue weighted by molar-refractivity contribution is 6.31. The minimum Gasteiger partial charge on any atom is -0.393 e. The molecule has 1 atom stereocenters. The van der Waals surface area contributed by atoms with Crippen LogP contribution in [0.3, 0.4) is 0 Å². The third-order valence-electron chi connectivity index (χ3n) is 5.13. The van der Waals surface area contributed by atoms with Crippen LogP contribution in [0.5, 0.6) is 0 Å². The molecular formula is C19H21ClFN5O4. The molecule has 4 rings (SSSR count). The molecule has 11 heteroatoms. The number of aliphatic hydroxyl groups excluding tert-OH is 1. The fourth-order valence-corrected chi connectivity index (χ4v) is 3.81. The van der Waals surface area contributed by atoms with E-state index in [4.69, 9.17) is 16.4 Å². The second-order valence-corrected chi connectivity index (χ2v) is 7.50. The number of aromatic nitrogens is 2. The van der Waals surface area contributed by atoms with Crippen LogP contribution in [-0.2, 0) is 24.3 Å². The van der Waals surface area contributed by atoms with E-state index in [1.165, 1.54) is 23.3 Å². The number of fused-ring (bicyclic) bond motifs is 3. The number of nitrogens with one attached hydrogen (secondary N) is 1. The van der Waals surface area contributed by atoms with Crippen LogP contribution in [0, 0.1) is 5.82 Å². The van der Waals surface area contributed by atoms with Crippen molar-refractivity contribution in [1.29, 1.82) is 0 Å². The number of halogens is 2. The first-order valence-corrected chi connectivity index (χ1v) is 9.98. The van der Waals surface area contributed by atoms with E-state index in [2.05, 4.69) is 10.4 Å². The van der Waals surface area contributed by atoms with Crippen molar-refractivity contribution in [3.05, 3.63) is 46.0 Å². The van der Waals surface area contributed by atoms with Crippen LogP contribution < -0.4 is 5.32 Å². The van der Waals surface area contributed by atoms with Crippen LogP contribution in [0.2, 0.25) is 5.02 Å². The van der Waals surface area contributed by atoms with Gasteiger partial charge in [0.1, 0.15) is 17.6 Å². The van der Waals surface area contributed by atoms with Gasteiger partial charge in [0.05, 0.1) is 30.4 Å². The molecule has 0 unspecified atom stereocenters. The van der Waals surface area contributed by atoms with Crippen molar-refractivity contribution in [3.63, 3.8) is 0 Å². The molecule has 1 aromatic carbocycles. The third-order valence-corrected chi connectivity index (χ3v) is 5.42. The Hall–Kier alpha value is -2.69. The molecule has 2 aliphatic rings. The molecule has 0 aliphatic carbocycles. The molecule has 0 fully saturated rings. The van der Waals surface area contributed by atoms with Gasteiger partial charge in [0.2, 0.25) is 0 Å². The monoisotopic (exact) mass is 437 g/mol. The zero-order valence-corrected chi connectivity index (χ0v) is 17.0. The molecule has 2 aliphatic heterocycles. The lowest BCUT2D eigenvalue weighted by molar-refractivity contribution is -0.171. The maximum atomic E-state index is 13.3. The summed E-state index contributed by atoms with van der Waals surface area (Å²) in [6.07, 6.45) is -0.101. The lowest BCUT2D eigenvalue weighted by Gasteiger charge is -2.27. The molecule has 0 radical (unpaired) electrons. The number of anilines is 1. The number of hydrogen-bond donors (Lipinski definition) is 2. The molecule has 0 saturated heterocycles. The molecule has 0 bridgehead atoms. The first kappa shape index (κ1) is 20.6. The number of nitrogens with zero attached hydrogens (tertiary/aromatic N) is 4. The Morgan fingerprint density at radius 2 is 2.27 bits per heavy atom. The summed E-state index contributed by atoms with van der Waals surface area (Å²) in [6.45, 7) is 2.68. The molecule has 2 aromatic rings. The predicted molar refractivity (Wildman–Crippen MR) is 105 cm³/mol. The van der Waals surface area contributed by atoms with E-state index in [1.54, 1.807) is 16.5 Å². The van der Waals surface area contributed by atoms with E-state index in [0.717, 1.165) is 5.69 Å². The van der Waals surface area contributed by atoms with E-state index in [1.807, 2.05) is 0 Å². The Morgan fingerprint density at radius 1 is 1.47 bits per heavy atom. The number of hydrogen-bond acceptors (Lipinski definition) is 5. The van der Waals surface area contributed by atoms with Crippen LogP contribution in [0.15, 0.2) is 18.2 Å². The number of aliphatic hydroxyl groups is 1. The van der Waals surface area contributed by atoms with Crippen molar-refractivity contribution in [2.75, 3.05) is 25.0 Å². The lowest BCUT2D eigenvalue weighted by Crippen LogP contribution is -2.40. The van der Waals surface area contributed by atoms with Gasteiger partial charge in [-0.25, -0.2) is 14.2 Å². The van der Waals surface area contributed by atoms with Crippen LogP contribution in [0.1, 0.15) is 28.7 Å². The molecule has 2 N–H and O–H groups in total. The van der Waals surface area contributed by atoms with Gasteiger partial charge in [-0.3, -0.25) is 14.3 Å². The number of amides is 3. The third kappa shape index (κ3) is 3.73. The average molecular weight is 438 g/mol. The highest BCUT2D eigenvalue weighted by Gasteiger charge is 2.36. The van der Waals surface area contributed by atoms with Gasteiger partial charge in [0.15, 0.2) is 0 Å².